The zero-order valence-electron chi connectivity index (χ0n) is 13.8. The van der Waals surface area contributed by atoms with Crippen molar-refractivity contribution in [2.24, 2.45) is 0 Å². The minimum absolute atomic E-state index is 0.0126. The number of halogens is 3. The number of carbonyl (C=O) groups is 1. The van der Waals surface area contributed by atoms with Gasteiger partial charge in [0.1, 0.15) is 0 Å². The molecule has 0 bridgehead atoms. The maximum absolute atomic E-state index is 12.3. The van der Waals surface area contributed by atoms with Gasteiger partial charge in [0.05, 0.1) is 20.6 Å². The molecule has 0 spiro atoms. The fraction of sp³-hybridized carbons (Fsp3) is 0.188. The van der Waals surface area contributed by atoms with Gasteiger partial charge in [0, 0.05) is 16.6 Å². The van der Waals surface area contributed by atoms with Gasteiger partial charge in [-0.15, -0.1) is 0 Å². The standard InChI is InChI=1S/C16H16Cl3N3O3S/c1-9(2)22-26(24,25)12-5-3-4-10(6-12)16(23)21-20-15-13(18)7-11(17)8-14(15)19/h3-9,20,22H,1-2H3,(H,21,23). The lowest BCUT2D eigenvalue weighted by molar-refractivity contribution is 0.0962. The Labute approximate surface area is 166 Å². The topological polar surface area (TPSA) is 87.3 Å². The molecule has 2 aromatic carbocycles. The van der Waals surface area contributed by atoms with Crippen molar-refractivity contribution in [1.82, 2.24) is 10.1 Å². The quantitative estimate of drug-likeness (QED) is 0.595. The Balaban J connectivity index is 2.18. The number of amides is 1. The Kier molecular flexibility index (Phi) is 6.76. The first-order valence-electron chi connectivity index (χ1n) is 7.43. The summed E-state index contributed by atoms with van der Waals surface area (Å²) in [7, 11) is -3.71. The van der Waals surface area contributed by atoms with E-state index in [1.165, 1.54) is 36.4 Å². The Morgan fingerprint density at radius 3 is 2.23 bits per heavy atom. The van der Waals surface area contributed by atoms with Gasteiger partial charge in [0.15, 0.2) is 0 Å². The van der Waals surface area contributed by atoms with Crippen molar-refractivity contribution in [2.75, 3.05) is 5.43 Å². The predicted molar refractivity (Wildman–Crippen MR) is 104 cm³/mol. The van der Waals surface area contributed by atoms with Crippen LogP contribution < -0.4 is 15.6 Å². The summed E-state index contributed by atoms with van der Waals surface area (Å²) in [6.45, 7) is 3.41. The van der Waals surface area contributed by atoms with Gasteiger partial charge < -0.3 is 0 Å². The second-order valence-electron chi connectivity index (χ2n) is 5.63. The lowest BCUT2D eigenvalue weighted by atomic mass is 10.2. The van der Waals surface area contributed by atoms with Crippen molar-refractivity contribution < 1.29 is 13.2 Å². The highest BCUT2D eigenvalue weighted by molar-refractivity contribution is 7.89. The molecule has 0 saturated heterocycles. The number of anilines is 1. The van der Waals surface area contributed by atoms with Gasteiger partial charge in [-0.25, -0.2) is 13.1 Å². The van der Waals surface area contributed by atoms with Gasteiger partial charge in [0.25, 0.3) is 5.91 Å². The third-order valence-corrected chi connectivity index (χ3v) is 5.58. The molecule has 10 heteroatoms. The second-order valence-corrected chi connectivity index (χ2v) is 8.59. The average molecular weight is 437 g/mol. The third kappa shape index (κ3) is 5.25. The lowest BCUT2D eigenvalue weighted by Gasteiger charge is -2.13. The number of hydrogen-bond acceptors (Lipinski definition) is 4. The van der Waals surface area contributed by atoms with Crippen LogP contribution in [0.5, 0.6) is 0 Å². The molecule has 0 aliphatic carbocycles. The maximum Gasteiger partial charge on any atom is 0.269 e. The molecular weight excluding hydrogens is 421 g/mol. The molecule has 140 valence electrons. The summed E-state index contributed by atoms with van der Waals surface area (Å²) in [4.78, 5) is 12.3. The highest BCUT2D eigenvalue weighted by Crippen LogP contribution is 2.33. The van der Waals surface area contributed by atoms with Crippen LogP contribution >= 0.6 is 34.8 Å². The summed E-state index contributed by atoms with van der Waals surface area (Å²) in [5.74, 6) is -0.561. The molecule has 0 unspecified atom stereocenters. The Morgan fingerprint density at radius 2 is 1.65 bits per heavy atom. The van der Waals surface area contributed by atoms with E-state index in [1.54, 1.807) is 13.8 Å². The van der Waals surface area contributed by atoms with Gasteiger partial charge in [-0.2, -0.15) is 0 Å². The van der Waals surface area contributed by atoms with Crippen LogP contribution in [0.25, 0.3) is 0 Å². The van der Waals surface area contributed by atoms with Gasteiger partial charge in [-0.05, 0) is 44.2 Å². The van der Waals surface area contributed by atoms with Gasteiger partial charge in [-0.3, -0.25) is 15.6 Å². The van der Waals surface area contributed by atoms with Gasteiger partial charge >= 0.3 is 0 Å². The monoisotopic (exact) mass is 435 g/mol. The number of hydrazine groups is 1. The summed E-state index contributed by atoms with van der Waals surface area (Å²) in [6, 6.07) is 8.30. The molecule has 0 saturated carbocycles. The minimum atomic E-state index is -3.71. The molecule has 0 aliphatic heterocycles. The second kappa shape index (κ2) is 8.45. The fourth-order valence-corrected chi connectivity index (χ4v) is 4.24. The zero-order valence-corrected chi connectivity index (χ0v) is 16.9. The van der Waals surface area contributed by atoms with Crippen molar-refractivity contribution in [2.45, 2.75) is 24.8 Å². The molecule has 0 radical (unpaired) electrons. The van der Waals surface area contributed by atoms with Crippen LogP contribution in [0.2, 0.25) is 15.1 Å². The van der Waals surface area contributed by atoms with Crippen molar-refractivity contribution in [1.29, 1.82) is 0 Å². The van der Waals surface area contributed by atoms with Gasteiger partial charge in [-0.1, -0.05) is 40.9 Å². The van der Waals surface area contributed by atoms with E-state index < -0.39 is 15.9 Å². The molecule has 3 N–H and O–H groups in total. The van der Waals surface area contributed by atoms with E-state index in [9.17, 15) is 13.2 Å². The molecule has 0 aliphatic rings. The summed E-state index contributed by atoms with van der Waals surface area (Å²) < 4.78 is 26.9. The number of nitrogens with one attached hydrogen (secondary N) is 3. The minimum Gasteiger partial charge on any atom is -0.295 e. The van der Waals surface area contributed by atoms with Crippen molar-refractivity contribution in [3.8, 4) is 0 Å². The molecule has 6 nitrogen and oxygen atoms in total. The Bertz CT molecular complexity index is 910. The molecule has 1 amide bonds. The molecule has 0 aromatic heterocycles. The fourth-order valence-electron chi connectivity index (χ4n) is 2.04. The molecule has 0 fully saturated rings. The van der Waals surface area contributed by atoms with Crippen LogP contribution in [0.3, 0.4) is 0 Å². The van der Waals surface area contributed by atoms with Crippen LogP contribution in [0.15, 0.2) is 41.3 Å². The molecule has 26 heavy (non-hydrogen) atoms. The molecule has 0 atom stereocenters. The highest BCUT2D eigenvalue weighted by Gasteiger charge is 2.17. The first kappa shape index (κ1) is 20.8. The molecular formula is C16H16Cl3N3O3S. The van der Waals surface area contributed by atoms with Crippen LogP contribution in [-0.4, -0.2) is 20.4 Å². The number of sulfonamides is 1. The Hall–Kier alpha value is -1.51. The summed E-state index contributed by atoms with van der Waals surface area (Å²) in [6.07, 6.45) is 0. The summed E-state index contributed by atoms with van der Waals surface area (Å²) >= 11 is 17.9. The molecule has 2 aromatic rings. The summed E-state index contributed by atoms with van der Waals surface area (Å²) in [5, 5.41) is 0.799. The smallest absolute Gasteiger partial charge is 0.269 e. The largest absolute Gasteiger partial charge is 0.295 e. The average Bonchev–Trinajstić information content (AvgIpc) is 2.52. The van der Waals surface area contributed by atoms with Gasteiger partial charge in [0.2, 0.25) is 10.0 Å². The third-order valence-electron chi connectivity index (χ3n) is 3.11. The number of benzene rings is 2. The van der Waals surface area contributed by atoms with E-state index in [4.69, 9.17) is 34.8 Å². The zero-order chi connectivity index (χ0) is 19.5. The number of carbonyl (C=O) groups excluding carboxylic acids is 1. The SMILES string of the molecule is CC(C)NS(=O)(=O)c1cccc(C(=O)NNc2c(Cl)cc(Cl)cc2Cl)c1. The first-order valence-corrected chi connectivity index (χ1v) is 10.0. The van der Waals surface area contributed by atoms with Crippen LogP contribution in [0, 0.1) is 0 Å². The van der Waals surface area contributed by atoms with Crippen LogP contribution in [-0.2, 0) is 10.0 Å². The number of rotatable bonds is 6. The van der Waals surface area contributed by atoms with Crippen molar-refractivity contribution in [3.63, 3.8) is 0 Å². The van der Waals surface area contributed by atoms with Crippen molar-refractivity contribution >= 4 is 56.4 Å². The number of hydrogen-bond donors (Lipinski definition) is 3. The van der Waals surface area contributed by atoms with Crippen LogP contribution in [0.4, 0.5) is 5.69 Å². The maximum atomic E-state index is 12.3. The molecule has 2 rings (SSSR count). The van der Waals surface area contributed by atoms with E-state index in [0.717, 1.165) is 0 Å². The van der Waals surface area contributed by atoms with E-state index >= 15 is 0 Å². The van der Waals surface area contributed by atoms with Crippen LogP contribution in [0.1, 0.15) is 24.2 Å². The lowest BCUT2D eigenvalue weighted by Crippen LogP contribution is -2.31. The highest BCUT2D eigenvalue weighted by atomic mass is 35.5. The van der Waals surface area contributed by atoms with E-state index in [0.29, 0.717) is 5.02 Å². The normalized spacial score (nSPS) is 11.5. The molecule has 0 heterocycles. The van der Waals surface area contributed by atoms with E-state index in [-0.39, 0.29) is 32.2 Å². The first-order chi connectivity index (χ1) is 12.1. The summed E-state index contributed by atoms with van der Waals surface area (Å²) in [5.41, 5.74) is 5.45. The Morgan fingerprint density at radius 1 is 1.04 bits per heavy atom. The van der Waals surface area contributed by atoms with Crippen molar-refractivity contribution in [3.05, 3.63) is 57.0 Å². The van der Waals surface area contributed by atoms with E-state index in [2.05, 4.69) is 15.6 Å². The van der Waals surface area contributed by atoms with E-state index in [1.807, 2.05) is 0 Å². The predicted octanol–water partition coefficient (Wildman–Crippen LogP) is 4.09.